The molecule has 3 nitrogen and oxygen atoms in total. The first-order valence-electron chi connectivity index (χ1n) is 10.9. The van der Waals surface area contributed by atoms with Gasteiger partial charge in [0.2, 0.25) is 0 Å². The second kappa shape index (κ2) is 8.75. The Balaban J connectivity index is 1.40. The van der Waals surface area contributed by atoms with Gasteiger partial charge >= 0.3 is 0 Å². The number of hydrogen-bond donors (Lipinski definition) is 0. The zero-order valence-corrected chi connectivity index (χ0v) is 17.9. The van der Waals surface area contributed by atoms with E-state index in [9.17, 15) is 0 Å². The zero-order chi connectivity index (χ0) is 21.0. The standard InChI is InChI=1S/C28H27N3/c1-30-27-21-31(20-18-26(27)29-28(30)24-15-9-4-10-16-24)19-17-25(22-11-5-2-6-12-22)23-13-7-3-8-14-23/h2-17H,18-21H2,1H3. The van der Waals surface area contributed by atoms with Crippen molar-refractivity contribution in [3.8, 4) is 11.4 Å². The largest absolute Gasteiger partial charge is 0.330 e. The first kappa shape index (κ1) is 19.5. The maximum atomic E-state index is 4.97. The molecule has 0 unspecified atom stereocenters. The van der Waals surface area contributed by atoms with Crippen molar-refractivity contribution in [1.29, 1.82) is 0 Å². The molecule has 0 N–H and O–H groups in total. The molecule has 0 saturated carbocycles. The van der Waals surface area contributed by atoms with Gasteiger partial charge in [-0.05, 0) is 16.7 Å². The molecular formula is C28H27N3. The number of imidazole rings is 1. The van der Waals surface area contributed by atoms with Gasteiger partial charge in [0, 0.05) is 38.7 Å². The molecule has 4 aromatic rings. The number of aromatic nitrogens is 2. The summed E-state index contributed by atoms with van der Waals surface area (Å²) in [4.78, 5) is 7.48. The highest BCUT2D eigenvalue weighted by molar-refractivity contribution is 5.79. The molecule has 0 saturated heterocycles. The van der Waals surface area contributed by atoms with Crippen LogP contribution in [0.5, 0.6) is 0 Å². The fourth-order valence-corrected chi connectivity index (χ4v) is 4.40. The van der Waals surface area contributed by atoms with Gasteiger partial charge in [0.05, 0.1) is 11.4 Å². The number of fused-ring (bicyclic) bond motifs is 1. The second-order valence-electron chi connectivity index (χ2n) is 8.09. The third-order valence-corrected chi connectivity index (χ3v) is 6.09. The van der Waals surface area contributed by atoms with Gasteiger partial charge in [-0.2, -0.15) is 0 Å². The van der Waals surface area contributed by atoms with Crippen molar-refractivity contribution in [2.75, 3.05) is 13.1 Å². The van der Waals surface area contributed by atoms with E-state index in [0.717, 1.165) is 31.9 Å². The maximum Gasteiger partial charge on any atom is 0.140 e. The molecule has 0 fully saturated rings. The smallest absolute Gasteiger partial charge is 0.140 e. The van der Waals surface area contributed by atoms with E-state index >= 15 is 0 Å². The van der Waals surface area contributed by atoms with E-state index in [2.05, 4.69) is 114 Å². The van der Waals surface area contributed by atoms with Gasteiger partial charge in [0.25, 0.3) is 0 Å². The van der Waals surface area contributed by atoms with E-state index in [4.69, 9.17) is 4.98 Å². The van der Waals surface area contributed by atoms with Crippen LogP contribution in [0.15, 0.2) is 97.1 Å². The van der Waals surface area contributed by atoms with Gasteiger partial charge in [-0.3, -0.25) is 4.90 Å². The first-order valence-corrected chi connectivity index (χ1v) is 10.9. The Morgan fingerprint density at radius 1 is 0.839 bits per heavy atom. The molecule has 0 radical (unpaired) electrons. The van der Waals surface area contributed by atoms with Gasteiger partial charge < -0.3 is 4.57 Å². The molecule has 1 aliphatic heterocycles. The summed E-state index contributed by atoms with van der Waals surface area (Å²) in [6.45, 7) is 2.88. The molecule has 0 bridgehead atoms. The normalized spacial score (nSPS) is 13.6. The highest BCUT2D eigenvalue weighted by atomic mass is 15.2. The van der Waals surface area contributed by atoms with Crippen LogP contribution in [-0.2, 0) is 20.0 Å². The summed E-state index contributed by atoms with van der Waals surface area (Å²) < 4.78 is 2.27. The molecule has 3 heteroatoms. The lowest BCUT2D eigenvalue weighted by Crippen LogP contribution is -2.31. The Hall–Kier alpha value is -3.43. The zero-order valence-electron chi connectivity index (χ0n) is 17.9. The average Bonchev–Trinajstić information content (AvgIpc) is 3.17. The van der Waals surface area contributed by atoms with Crippen molar-refractivity contribution < 1.29 is 0 Å². The van der Waals surface area contributed by atoms with Gasteiger partial charge in [0.1, 0.15) is 5.82 Å². The summed E-state index contributed by atoms with van der Waals surface area (Å²) in [6.07, 6.45) is 3.37. The highest BCUT2D eigenvalue weighted by Crippen LogP contribution is 2.27. The molecule has 154 valence electrons. The molecule has 5 rings (SSSR count). The Bertz CT molecular complexity index is 1130. The maximum absolute atomic E-state index is 4.97. The van der Waals surface area contributed by atoms with E-state index < -0.39 is 0 Å². The van der Waals surface area contributed by atoms with Crippen molar-refractivity contribution in [2.24, 2.45) is 7.05 Å². The SMILES string of the molecule is Cn1c(-c2ccccc2)nc2c1CN(CC=C(c1ccccc1)c1ccccc1)CC2. The first-order chi connectivity index (χ1) is 15.3. The highest BCUT2D eigenvalue weighted by Gasteiger charge is 2.22. The molecule has 1 aromatic heterocycles. The fraction of sp³-hybridized carbons (Fsp3) is 0.179. The van der Waals surface area contributed by atoms with E-state index in [1.807, 2.05) is 0 Å². The van der Waals surface area contributed by atoms with Crippen LogP contribution in [0.2, 0.25) is 0 Å². The monoisotopic (exact) mass is 405 g/mol. The van der Waals surface area contributed by atoms with Crippen molar-refractivity contribution in [2.45, 2.75) is 13.0 Å². The van der Waals surface area contributed by atoms with Crippen molar-refractivity contribution >= 4 is 5.57 Å². The van der Waals surface area contributed by atoms with Crippen LogP contribution in [0.25, 0.3) is 17.0 Å². The van der Waals surface area contributed by atoms with Crippen LogP contribution in [0, 0.1) is 0 Å². The molecule has 0 aliphatic carbocycles. The second-order valence-corrected chi connectivity index (χ2v) is 8.09. The van der Waals surface area contributed by atoms with Crippen LogP contribution in [-0.4, -0.2) is 27.5 Å². The lowest BCUT2D eigenvalue weighted by Gasteiger charge is -2.26. The summed E-state index contributed by atoms with van der Waals surface area (Å²) in [5, 5.41) is 0. The molecule has 0 atom stereocenters. The minimum atomic E-state index is 0.921. The minimum Gasteiger partial charge on any atom is -0.330 e. The topological polar surface area (TPSA) is 21.1 Å². The molecule has 0 amide bonds. The molecule has 1 aliphatic rings. The lowest BCUT2D eigenvalue weighted by molar-refractivity contribution is 0.273. The third kappa shape index (κ3) is 4.10. The summed E-state index contributed by atoms with van der Waals surface area (Å²) in [7, 11) is 2.15. The predicted molar refractivity (Wildman–Crippen MR) is 128 cm³/mol. The summed E-state index contributed by atoms with van der Waals surface area (Å²) >= 11 is 0. The molecule has 2 heterocycles. The Labute approximate surface area is 184 Å². The van der Waals surface area contributed by atoms with Crippen LogP contribution in [0.4, 0.5) is 0 Å². The molecule has 0 spiro atoms. The van der Waals surface area contributed by atoms with Crippen LogP contribution in [0.3, 0.4) is 0 Å². The number of rotatable bonds is 5. The van der Waals surface area contributed by atoms with E-state index in [1.165, 1.54) is 33.7 Å². The van der Waals surface area contributed by atoms with Crippen molar-refractivity contribution in [3.05, 3.63) is 120 Å². The Kier molecular flexibility index (Phi) is 5.51. The summed E-state index contributed by atoms with van der Waals surface area (Å²) in [6, 6.07) is 31.9. The van der Waals surface area contributed by atoms with Crippen molar-refractivity contribution in [1.82, 2.24) is 14.5 Å². The molecule has 31 heavy (non-hydrogen) atoms. The van der Waals surface area contributed by atoms with Crippen LogP contribution >= 0.6 is 0 Å². The predicted octanol–water partition coefficient (Wildman–Crippen LogP) is 5.58. The molecule has 3 aromatic carbocycles. The number of benzene rings is 3. The van der Waals surface area contributed by atoms with Crippen LogP contribution < -0.4 is 0 Å². The minimum absolute atomic E-state index is 0.921. The van der Waals surface area contributed by atoms with Crippen LogP contribution in [0.1, 0.15) is 22.5 Å². The van der Waals surface area contributed by atoms with Gasteiger partial charge in [-0.25, -0.2) is 4.98 Å². The quantitative estimate of drug-likeness (QED) is 0.432. The third-order valence-electron chi connectivity index (χ3n) is 6.09. The summed E-state index contributed by atoms with van der Waals surface area (Å²) in [5.74, 6) is 1.07. The average molecular weight is 406 g/mol. The van der Waals surface area contributed by atoms with E-state index in [-0.39, 0.29) is 0 Å². The van der Waals surface area contributed by atoms with Gasteiger partial charge in [-0.15, -0.1) is 0 Å². The number of hydrogen-bond acceptors (Lipinski definition) is 2. The fourth-order valence-electron chi connectivity index (χ4n) is 4.40. The Morgan fingerprint density at radius 3 is 2.03 bits per heavy atom. The number of nitrogens with zero attached hydrogens (tertiary/aromatic N) is 3. The summed E-state index contributed by atoms with van der Waals surface area (Å²) in [5.41, 5.74) is 7.58. The Morgan fingerprint density at radius 2 is 1.42 bits per heavy atom. The van der Waals surface area contributed by atoms with E-state index in [1.54, 1.807) is 0 Å². The molecular weight excluding hydrogens is 378 g/mol. The van der Waals surface area contributed by atoms with E-state index in [0.29, 0.717) is 0 Å². The van der Waals surface area contributed by atoms with Crippen molar-refractivity contribution in [3.63, 3.8) is 0 Å². The lowest BCUT2D eigenvalue weighted by atomic mass is 9.97. The van der Waals surface area contributed by atoms with Gasteiger partial charge in [-0.1, -0.05) is 97.1 Å². The van der Waals surface area contributed by atoms with Gasteiger partial charge in [0.15, 0.2) is 0 Å².